The molecule has 2 rings (SSSR count). The van der Waals surface area contributed by atoms with E-state index in [-0.39, 0.29) is 24.4 Å². The van der Waals surface area contributed by atoms with Crippen LogP contribution in [0.2, 0.25) is 0 Å². The second-order valence-electron chi connectivity index (χ2n) is 4.99. The summed E-state index contributed by atoms with van der Waals surface area (Å²) in [5.74, 6) is 0.781. The first kappa shape index (κ1) is 13.5. The lowest BCUT2D eigenvalue weighted by Gasteiger charge is -2.38. The predicted octanol–water partition coefficient (Wildman–Crippen LogP) is 1.77. The number of nitrogens with one attached hydrogen (secondary N) is 1. The largest absolute Gasteiger partial charge is 0.481 e. The van der Waals surface area contributed by atoms with E-state index in [0.29, 0.717) is 18.8 Å². The second kappa shape index (κ2) is 5.34. The summed E-state index contributed by atoms with van der Waals surface area (Å²) in [6.45, 7) is 4.71. The van der Waals surface area contributed by atoms with Gasteiger partial charge < -0.3 is 19.7 Å². The number of carbonyl (C=O) groups is 2. The third kappa shape index (κ3) is 3.27. The van der Waals surface area contributed by atoms with Crippen molar-refractivity contribution in [2.45, 2.75) is 26.3 Å². The molecule has 0 aliphatic carbocycles. The highest BCUT2D eigenvalue weighted by molar-refractivity contribution is 5.76. The van der Waals surface area contributed by atoms with Crippen LogP contribution in [0.15, 0.2) is 16.5 Å². The molecule has 1 unspecified atom stereocenters. The molecule has 0 saturated carbocycles. The summed E-state index contributed by atoms with van der Waals surface area (Å²) in [5, 5.41) is 11.5. The van der Waals surface area contributed by atoms with Gasteiger partial charge in [0.15, 0.2) is 0 Å². The van der Waals surface area contributed by atoms with Gasteiger partial charge in [0.1, 0.15) is 11.5 Å². The smallest absolute Gasteiger partial charge is 0.317 e. The van der Waals surface area contributed by atoms with E-state index in [1.165, 1.54) is 0 Å². The first-order chi connectivity index (χ1) is 8.95. The molecule has 0 radical (unpaired) electrons. The summed E-state index contributed by atoms with van der Waals surface area (Å²) < 4.78 is 5.44. The van der Waals surface area contributed by atoms with Crippen LogP contribution in [0.25, 0.3) is 0 Å². The Hall–Kier alpha value is -1.98. The van der Waals surface area contributed by atoms with Crippen molar-refractivity contribution in [2.24, 2.45) is 5.92 Å². The van der Waals surface area contributed by atoms with Crippen molar-refractivity contribution in [2.75, 3.05) is 13.1 Å². The molecule has 0 bridgehead atoms. The fourth-order valence-electron chi connectivity index (χ4n) is 2.15. The number of nitrogens with zero attached hydrogens (tertiary/aromatic N) is 1. The van der Waals surface area contributed by atoms with Crippen LogP contribution in [-0.4, -0.2) is 35.1 Å². The molecule has 1 aromatic rings. The maximum atomic E-state index is 11.9. The van der Waals surface area contributed by atoms with Crippen molar-refractivity contribution in [3.8, 4) is 0 Å². The van der Waals surface area contributed by atoms with Crippen molar-refractivity contribution in [3.63, 3.8) is 0 Å². The summed E-state index contributed by atoms with van der Waals surface area (Å²) in [6, 6.07) is 3.32. The SMILES string of the molecule is Cc1ccc(C(C)NC(=O)N2CC(CC(=O)O)C2)o1. The van der Waals surface area contributed by atoms with Gasteiger partial charge in [-0.25, -0.2) is 4.79 Å². The fraction of sp³-hybridized carbons (Fsp3) is 0.538. The number of carboxylic acids is 1. The van der Waals surface area contributed by atoms with Gasteiger partial charge in [0.05, 0.1) is 12.5 Å². The number of urea groups is 1. The molecule has 1 saturated heterocycles. The molecule has 1 aliphatic heterocycles. The third-order valence-corrected chi connectivity index (χ3v) is 3.24. The van der Waals surface area contributed by atoms with Gasteiger partial charge >= 0.3 is 12.0 Å². The Balaban J connectivity index is 1.78. The minimum atomic E-state index is -0.815. The lowest BCUT2D eigenvalue weighted by molar-refractivity contribution is -0.139. The van der Waals surface area contributed by atoms with Crippen LogP contribution in [0.3, 0.4) is 0 Å². The normalized spacial score (nSPS) is 16.8. The summed E-state index contributed by atoms with van der Waals surface area (Å²) in [4.78, 5) is 24.0. The number of aryl methyl sites for hydroxylation is 1. The lowest BCUT2D eigenvalue weighted by atomic mass is 9.97. The molecule has 6 heteroatoms. The third-order valence-electron chi connectivity index (χ3n) is 3.24. The van der Waals surface area contributed by atoms with Crippen LogP contribution in [-0.2, 0) is 4.79 Å². The number of aliphatic carboxylic acids is 1. The molecule has 6 nitrogen and oxygen atoms in total. The van der Waals surface area contributed by atoms with Crippen LogP contribution in [0.5, 0.6) is 0 Å². The maximum Gasteiger partial charge on any atom is 0.317 e. The predicted molar refractivity (Wildman–Crippen MR) is 67.7 cm³/mol. The van der Waals surface area contributed by atoms with Crippen molar-refractivity contribution < 1.29 is 19.1 Å². The van der Waals surface area contributed by atoms with E-state index in [2.05, 4.69) is 5.32 Å². The first-order valence-corrected chi connectivity index (χ1v) is 6.29. The highest BCUT2D eigenvalue weighted by Crippen LogP contribution is 2.21. The van der Waals surface area contributed by atoms with Gasteiger partial charge in [-0.05, 0) is 26.0 Å². The molecule has 0 aromatic carbocycles. The van der Waals surface area contributed by atoms with Gasteiger partial charge in [0.2, 0.25) is 0 Å². The molecule has 2 amide bonds. The van der Waals surface area contributed by atoms with Gasteiger partial charge in [0.25, 0.3) is 0 Å². The van der Waals surface area contributed by atoms with Gasteiger partial charge in [-0.2, -0.15) is 0 Å². The van der Waals surface area contributed by atoms with E-state index in [0.717, 1.165) is 5.76 Å². The lowest BCUT2D eigenvalue weighted by Crippen LogP contribution is -2.54. The average molecular weight is 266 g/mol. The molecular weight excluding hydrogens is 248 g/mol. The minimum absolute atomic E-state index is 0.0735. The molecule has 2 heterocycles. The van der Waals surface area contributed by atoms with E-state index in [4.69, 9.17) is 9.52 Å². The number of carbonyl (C=O) groups excluding carboxylic acids is 1. The van der Waals surface area contributed by atoms with Crippen LogP contribution < -0.4 is 5.32 Å². The summed E-state index contributed by atoms with van der Waals surface area (Å²) in [7, 11) is 0. The first-order valence-electron chi connectivity index (χ1n) is 6.29. The van der Waals surface area contributed by atoms with Crippen molar-refractivity contribution in [1.82, 2.24) is 10.2 Å². The zero-order valence-corrected chi connectivity index (χ0v) is 11.0. The van der Waals surface area contributed by atoms with Crippen molar-refractivity contribution in [3.05, 3.63) is 23.7 Å². The number of likely N-dealkylation sites (tertiary alicyclic amines) is 1. The summed E-state index contributed by atoms with van der Waals surface area (Å²) >= 11 is 0. The Morgan fingerprint density at radius 1 is 1.53 bits per heavy atom. The van der Waals surface area contributed by atoms with E-state index >= 15 is 0 Å². The molecular formula is C13H18N2O4. The molecule has 1 atom stereocenters. The Kier molecular flexibility index (Phi) is 3.78. The second-order valence-corrected chi connectivity index (χ2v) is 4.99. The van der Waals surface area contributed by atoms with Crippen LogP contribution in [0.4, 0.5) is 4.79 Å². The standard InChI is InChI=1S/C13H18N2O4/c1-8-3-4-11(19-8)9(2)14-13(18)15-6-10(7-15)5-12(16)17/h3-4,9-10H,5-7H2,1-2H3,(H,14,18)(H,16,17). The molecule has 0 spiro atoms. The molecule has 19 heavy (non-hydrogen) atoms. The zero-order chi connectivity index (χ0) is 14.0. The van der Waals surface area contributed by atoms with Gasteiger partial charge in [-0.15, -0.1) is 0 Å². The Bertz CT molecular complexity index is 477. The topological polar surface area (TPSA) is 82.8 Å². The zero-order valence-electron chi connectivity index (χ0n) is 11.0. The fourth-order valence-corrected chi connectivity index (χ4v) is 2.15. The van der Waals surface area contributed by atoms with Crippen molar-refractivity contribution >= 4 is 12.0 Å². The Labute approximate surface area is 111 Å². The number of carboxylic acid groups (broad SMARTS) is 1. The highest BCUT2D eigenvalue weighted by Gasteiger charge is 2.32. The van der Waals surface area contributed by atoms with E-state index in [9.17, 15) is 9.59 Å². The van der Waals surface area contributed by atoms with E-state index in [1.807, 2.05) is 26.0 Å². The molecule has 1 aromatic heterocycles. The molecule has 104 valence electrons. The molecule has 2 N–H and O–H groups in total. The quantitative estimate of drug-likeness (QED) is 0.870. The summed E-state index contributed by atoms with van der Waals surface area (Å²) in [5.41, 5.74) is 0. The summed E-state index contributed by atoms with van der Waals surface area (Å²) in [6.07, 6.45) is 0.122. The van der Waals surface area contributed by atoms with E-state index < -0.39 is 5.97 Å². The number of rotatable bonds is 4. The maximum absolute atomic E-state index is 11.9. The highest BCUT2D eigenvalue weighted by atomic mass is 16.4. The van der Waals surface area contributed by atoms with Gasteiger partial charge in [-0.1, -0.05) is 0 Å². The van der Waals surface area contributed by atoms with Crippen LogP contribution in [0.1, 0.15) is 30.9 Å². The number of amides is 2. The number of hydrogen-bond donors (Lipinski definition) is 2. The van der Waals surface area contributed by atoms with E-state index in [1.54, 1.807) is 4.90 Å². The monoisotopic (exact) mass is 266 g/mol. The van der Waals surface area contributed by atoms with Gasteiger partial charge in [0, 0.05) is 19.0 Å². The van der Waals surface area contributed by atoms with Crippen LogP contribution in [0, 0.1) is 12.8 Å². The number of furan rings is 1. The molecule has 1 aliphatic rings. The average Bonchev–Trinajstić information content (AvgIpc) is 2.69. The van der Waals surface area contributed by atoms with Crippen LogP contribution >= 0.6 is 0 Å². The van der Waals surface area contributed by atoms with Crippen molar-refractivity contribution in [1.29, 1.82) is 0 Å². The Morgan fingerprint density at radius 3 is 2.74 bits per heavy atom. The van der Waals surface area contributed by atoms with Gasteiger partial charge in [-0.3, -0.25) is 4.79 Å². The number of hydrogen-bond acceptors (Lipinski definition) is 3. The Morgan fingerprint density at radius 2 is 2.21 bits per heavy atom. The molecule has 1 fully saturated rings. The minimum Gasteiger partial charge on any atom is -0.481 e.